The zero-order valence-electron chi connectivity index (χ0n) is 13.7. The Bertz CT molecular complexity index is 1010. The molecule has 7 nitrogen and oxygen atoms in total. The van der Waals surface area contributed by atoms with Crippen LogP contribution in [0.2, 0.25) is 5.15 Å². The van der Waals surface area contributed by atoms with Crippen LogP contribution >= 0.6 is 11.6 Å². The standard InChI is InChI=1S/C18H15ClN6O/c19-17-16(10-26)25(11-20-17)9-12-5-7-13(8-6-12)14-3-1-2-4-15(14)18-21-23-24-22-18/h1-8,11,26H,9-10H2,(H,21,22,23,24). The topological polar surface area (TPSA) is 92.5 Å². The van der Waals surface area contributed by atoms with E-state index in [1.165, 1.54) is 0 Å². The van der Waals surface area contributed by atoms with Gasteiger partial charge in [0.2, 0.25) is 5.82 Å². The summed E-state index contributed by atoms with van der Waals surface area (Å²) in [6, 6.07) is 16.1. The Labute approximate surface area is 154 Å². The van der Waals surface area contributed by atoms with Crippen LogP contribution in [0.5, 0.6) is 0 Å². The second-order valence-electron chi connectivity index (χ2n) is 5.75. The van der Waals surface area contributed by atoms with Gasteiger partial charge in [0.25, 0.3) is 0 Å². The Balaban J connectivity index is 1.63. The zero-order valence-corrected chi connectivity index (χ0v) is 14.4. The minimum atomic E-state index is -0.144. The molecule has 0 aliphatic carbocycles. The van der Waals surface area contributed by atoms with Crippen LogP contribution in [0.3, 0.4) is 0 Å². The zero-order chi connectivity index (χ0) is 17.9. The predicted octanol–water partition coefficient (Wildman–Crippen LogP) is 2.92. The van der Waals surface area contributed by atoms with E-state index in [1.54, 1.807) is 6.33 Å². The van der Waals surface area contributed by atoms with Crippen LogP contribution in [-0.2, 0) is 13.2 Å². The van der Waals surface area contributed by atoms with E-state index in [2.05, 4.69) is 25.6 Å². The summed E-state index contributed by atoms with van der Waals surface area (Å²) in [4.78, 5) is 4.03. The first-order chi connectivity index (χ1) is 12.8. The molecule has 0 bridgehead atoms. The molecule has 26 heavy (non-hydrogen) atoms. The molecule has 0 amide bonds. The molecule has 0 unspecified atom stereocenters. The van der Waals surface area contributed by atoms with Crippen LogP contribution < -0.4 is 0 Å². The summed E-state index contributed by atoms with van der Waals surface area (Å²) in [7, 11) is 0. The van der Waals surface area contributed by atoms with E-state index in [0.717, 1.165) is 22.3 Å². The Morgan fingerprint density at radius 2 is 1.81 bits per heavy atom. The Kier molecular flexibility index (Phi) is 4.47. The van der Waals surface area contributed by atoms with E-state index in [4.69, 9.17) is 11.6 Å². The number of nitrogens with zero attached hydrogens (tertiary/aromatic N) is 5. The average Bonchev–Trinajstić information content (AvgIpc) is 3.32. The number of nitrogens with one attached hydrogen (secondary N) is 1. The molecule has 130 valence electrons. The van der Waals surface area contributed by atoms with Crippen molar-refractivity contribution in [2.24, 2.45) is 0 Å². The van der Waals surface area contributed by atoms with Gasteiger partial charge in [-0.25, -0.2) is 4.98 Å². The largest absolute Gasteiger partial charge is 0.390 e. The summed E-state index contributed by atoms with van der Waals surface area (Å²) in [5, 5.41) is 24.0. The summed E-state index contributed by atoms with van der Waals surface area (Å²) in [6.45, 7) is 0.442. The number of halogens is 1. The third-order valence-electron chi connectivity index (χ3n) is 4.18. The number of hydrogen-bond donors (Lipinski definition) is 2. The highest BCUT2D eigenvalue weighted by atomic mass is 35.5. The van der Waals surface area contributed by atoms with Crippen molar-refractivity contribution in [3.05, 3.63) is 71.3 Å². The van der Waals surface area contributed by atoms with Gasteiger partial charge in [0.05, 0.1) is 18.6 Å². The van der Waals surface area contributed by atoms with E-state index in [-0.39, 0.29) is 6.61 Å². The van der Waals surface area contributed by atoms with Gasteiger partial charge in [-0.3, -0.25) is 0 Å². The van der Waals surface area contributed by atoms with Crippen LogP contribution in [0, 0.1) is 0 Å². The van der Waals surface area contributed by atoms with Crippen LogP contribution in [0.15, 0.2) is 54.9 Å². The average molecular weight is 367 g/mol. The first-order valence-corrected chi connectivity index (χ1v) is 8.36. The van der Waals surface area contributed by atoms with Crippen LogP contribution in [0.4, 0.5) is 0 Å². The number of H-pyrrole nitrogens is 1. The fourth-order valence-corrected chi connectivity index (χ4v) is 3.08. The van der Waals surface area contributed by atoms with Gasteiger partial charge in [-0.2, -0.15) is 5.21 Å². The molecule has 2 N–H and O–H groups in total. The lowest BCUT2D eigenvalue weighted by molar-refractivity contribution is 0.271. The van der Waals surface area contributed by atoms with Crippen molar-refractivity contribution in [3.8, 4) is 22.5 Å². The number of aromatic amines is 1. The van der Waals surface area contributed by atoms with Gasteiger partial charge in [0, 0.05) is 12.1 Å². The lowest BCUT2D eigenvalue weighted by atomic mass is 9.98. The molecule has 0 aliphatic rings. The number of aliphatic hydroxyl groups excluding tert-OH is 1. The minimum Gasteiger partial charge on any atom is -0.390 e. The van der Waals surface area contributed by atoms with Gasteiger partial charge in [0.1, 0.15) is 0 Å². The number of rotatable bonds is 5. The molecule has 2 aromatic carbocycles. The SMILES string of the molecule is OCc1c(Cl)ncn1Cc1ccc(-c2ccccc2-c2nn[nH]n2)cc1. The van der Waals surface area contributed by atoms with E-state index in [1.807, 2.05) is 53.1 Å². The van der Waals surface area contributed by atoms with Crippen molar-refractivity contribution >= 4 is 11.6 Å². The monoisotopic (exact) mass is 366 g/mol. The molecule has 4 aromatic rings. The molecular formula is C18H15ClN6O. The second kappa shape index (κ2) is 7.07. The van der Waals surface area contributed by atoms with Gasteiger partial charge in [0.15, 0.2) is 5.15 Å². The second-order valence-corrected chi connectivity index (χ2v) is 6.10. The van der Waals surface area contributed by atoms with Gasteiger partial charge in [-0.05, 0) is 21.9 Å². The van der Waals surface area contributed by atoms with Crippen molar-refractivity contribution in [1.82, 2.24) is 30.2 Å². The van der Waals surface area contributed by atoms with E-state index in [0.29, 0.717) is 23.2 Å². The molecule has 0 saturated heterocycles. The first kappa shape index (κ1) is 16.4. The van der Waals surface area contributed by atoms with E-state index >= 15 is 0 Å². The number of aliphatic hydroxyl groups is 1. The molecule has 0 saturated carbocycles. The molecule has 2 aromatic heterocycles. The van der Waals surface area contributed by atoms with E-state index in [9.17, 15) is 5.11 Å². The highest BCUT2D eigenvalue weighted by Crippen LogP contribution is 2.29. The lowest BCUT2D eigenvalue weighted by Gasteiger charge is -2.10. The summed E-state index contributed by atoms with van der Waals surface area (Å²) >= 11 is 5.97. The fourth-order valence-electron chi connectivity index (χ4n) is 2.87. The number of benzene rings is 2. The number of hydrogen-bond acceptors (Lipinski definition) is 5. The lowest BCUT2D eigenvalue weighted by Crippen LogP contribution is -2.03. The summed E-state index contributed by atoms with van der Waals surface area (Å²) in [6.07, 6.45) is 1.63. The van der Waals surface area contributed by atoms with Crippen molar-refractivity contribution in [3.63, 3.8) is 0 Å². The third-order valence-corrected chi connectivity index (χ3v) is 4.49. The van der Waals surface area contributed by atoms with Crippen LogP contribution in [0.1, 0.15) is 11.3 Å². The van der Waals surface area contributed by atoms with Crippen molar-refractivity contribution in [2.75, 3.05) is 0 Å². The molecule has 8 heteroatoms. The molecule has 4 rings (SSSR count). The Hall–Kier alpha value is -3.03. The molecule has 0 fully saturated rings. The molecule has 0 radical (unpaired) electrons. The maximum atomic E-state index is 9.42. The maximum Gasteiger partial charge on any atom is 0.205 e. The van der Waals surface area contributed by atoms with Crippen molar-refractivity contribution in [1.29, 1.82) is 0 Å². The van der Waals surface area contributed by atoms with Gasteiger partial charge < -0.3 is 9.67 Å². The molecular weight excluding hydrogens is 352 g/mol. The van der Waals surface area contributed by atoms with Gasteiger partial charge >= 0.3 is 0 Å². The molecule has 0 atom stereocenters. The Morgan fingerprint density at radius 3 is 2.50 bits per heavy atom. The maximum absolute atomic E-state index is 9.42. The minimum absolute atomic E-state index is 0.144. The summed E-state index contributed by atoms with van der Waals surface area (Å²) < 4.78 is 1.84. The highest BCUT2D eigenvalue weighted by molar-refractivity contribution is 6.30. The van der Waals surface area contributed by atoms with Crippen molar-refractivity contribution < 1.29 is 5.11 Å². The summed E-state index contributed by atoms with van der Waals surface area (Å²) in [5.74, 6) is 0.560. The van der Waals surface area contributed by atoms with Crippen LogP contribution in [0.25, 0.3) is 22.5 Å². The normalized spacial score (nSPS) is 11.0. The molecule has 0 aliphatic heterocycles. The fraction of sp³-hybridized carbons (Fsp3) is 0.111. The van der Waals surface area contributed by atoms with Crippen LogP contribution in [-0.4, -0.2) is 35.3 Å². The van der Waals surface area contributed by atoms with Gasteiger partial charge in [-0.1, -0.05) is 60.1 Å². The highest BCUT2D eigenvalue weighted by Gasteiger charge is 2.11. The third kappa shape index (κ3) is 3.10. The number of tetrazole rings is 1. The number of aromatic nitrogens is 6. The first-order valence-electron chi connectivity index (χ1n) is 7.99. The predicted molar refractivity (Wildman–Crippen MR) is 97.3 cm³/mol. The number of imidazole rings is 1. The quantitative estimate of drug-likeness (QED) is 0.566. The van der Waals surface area contributed by atoms with Crippen molar-refractivity contribution in [2.45, 2.75) is 13.2 Å². The molecule has 0 spiro atoms. The van der Waals surface area contributed by atoms with Gasteiger partial charge in [-0.15, -0.1) is 10.2 Å². The molecule has 2 heterocycles. The summed E-state index contributed by atoms with van der Waals surface area (Å²) in [5.41, 5.74) is 4.69. The Morgan fingerprint density at radius 1 is 1.04 bits per heavy atom. The van der Waals surface area contributed by atoms with E-state index < -0.39 is 0 Å². The smallest absolute Gasteiger partial charge is 0.205 e.